The van der Waals surface area contributed by atoms with Gasteiger partial charge in [0, 0.05) is 45.2 Å². The number of amides is 2. The van der Waals surface area contributed by atoms with E-state index in [2.05, 4.69) is 10.2 Å². The van der Waals surface area contributed by atoms with Crippen LogP contribution >= 0.6 is 0 Å². The second kappa shape index (κ2) is 13.2. The number of hydrogen-bond acceptors (Lipinski definition) is 7. The maximum absolute atomic E-state index is 13.7. The van der Waals surface area contributed by atoms with Crippen LogP contribution in [0.1, 0.15) is 39.5 Å². The van der Waals surface area contributed by atoms with Gasteiger partial charge in [0.25, 0.3) is 0 Å². The Labute approximate surface area is 202 Å². The molecule has 2 aliphatic heterocycles. The van der Waals surface area contributed by atoms with E-state index in [1.54, 1.807) is 11.8 Å². The highest BCUT2D eigenvalue weighted by Crippen LogP contribution is 2.45. The molecule has 2 N–H and O–H groups in total. The molecule has 192 valence electrons. The van der Waals surface area contributed by atoms with Gasteiger partial charge in [-0.15, -0.1) is 0 Å². The number of rotatable bonds is 12. The second-order valence-electron chi connectivity index (χ2n) is 9.34. The number of morpholine rings is 1. The summed E-state index contributed by atoms with van der Waals surface area (Å²) in [5.41, 5.74) is 0. The highest BCUT2D eigenvalue weighted by atomic mass is 16.5. The molecule has 5 atom stereocenters. The number of unbranched alkanes of at least 4 members (excludes halogenated alkanes) is 2. The molecule has 1 aliphatic carbocycles. The summed E-state index contributed by atoms with van der Waals surface area (Å²) in [5, 5.41) is 12.2. The molecule has 9 nitrogen and oxygen atoms in total. The summed E-state index contributed by atoms with van der Waals surface area (Å²) in [6.07, 6.45) is 6.84. The number of carbonyl (C=O) groups excluding carboxylic acids is 3. The number of aliphatic hydroxyl groups is 1. The van der Waals surface area contributed by atoms with Crippen LogP contribution < -0.4 is 5.32 Å². The fourth-order valence-electron chi connectivity index (χ4n) is 5.53. The Hall–Kier alpha value is -1.97. The van der Waals surface area contributed by atoms with Crippen LogP contribution in [0.15, 0.2) is 12.2 Å². The van der Waals surface area contributed by atoms with Crippen LogP contribution in [0, 0.1) is 23.7 Å². The highest BCUT2D eigenvalue weighted by molar-refractivity contribution is 5.96. The Kier molecular flexibility index (Phi) is 10.3. The number of carbonyl (C=O) groups is 3. The lowest BCUT2D eigenvalue weighted by atomic mass is 9.69. The maximum Gasteiger partial charge on any atom is 0.310 e. The first kappa shape index (κ1) is 26.6. The molecular formula is C25H41N3O6. The molecular weight excluding hydrogens is 438 g/mol. The Morgan fingerprint density at radius 2 is 1.91 bits per heavy atom. The Morgan fingerprint density at radius 3 is 2.59 bits per heavy atom. The van der Waals surface area contributed by atoms with Crippen LogP contribution in [0.5, 0.6) is 0 Å². The van der Waals surface area contributed by atoms with Crippen LogP contribution in [-0.2, 0) is 23.9 Å². The number of nitrogens with zero attached hydrogens (tertiary/aromatic N) is 2. The Morgan fingerprint density at radius 1 is 1.15 bits per heavy atom. The van der Waals surface area contributed by atoms with E-state index in [1.165, 1.54) is 0 Å². The highest BCUT2D eigenvalue weighted by Gasteiger charge is 2.57. The summed E-state index contributed by atoms with van der Waals surface area (Å²) in [6.45, 7) is 8.92. The quantitative estimate of drug-likeness (QED) is 0.242. The van der Waals surface area contributed by atoms with Crippen LogP contribution in [0.2, 0.25) is 0 Å². The third kappa shape index (κ3) is 6.17. The summed E-state index contributed by atoms with van der Waals surface area (Å²) >= 11 is 0. The van der Waals surface area contributed by atoms with Gasteiger partial charge < -0.3 is 24.8 Å². The Balaban J connectivity index is 1.76. The van der Waals surface area contributed by atoms with Crippen molar-refractivity contribution >= 4 is 17.8 Å². The summed E-state index contributed by atoms with van der Waals surface area (Å²) in [7, 11) is 0. The molecule has 0 saturated carbocycles. The van der Waals surface area contributed by atoms with Crippen LogP contribution in [0.4, 0.5) is 0 Å². The molecule has 2 amide bonds. The molecule has 0 aromatic rings. The van der Waals surface area contributed by atoms with Gasteiger partial charge in [0.2, 0.25) is 11.8 Å². The van der Waals surface area contributed by atoms with E-state index < -0.39 is 17.9 Å². The van der Waals surface area contributed by atoms with E-state index in [9.17, 15) is 14.4 Å². The predicted octanol–water partition coefficient (Wildman–Crippen LogP) is 0.816. The average Bonchev–Trinajstić information content (AvgIpc) is 3.13. The monoisotopic (exact) mass is 479 g/mol. The summed E-state index contributed by atoms with van der Waals surface area (Å²) in [4.78, 5) is 43.9. The van der Waals surface area contributed by atoms with Gasteiger partial charge in [-0.05, 0) is 38.5 Å². The van der Waals surface area contributed by atoms with Crippen LogP contribution in [0.25, 0.3) is 0 Å². The topological polar surface area (TPSA) is 108 Å². The van der Waals surface area contributed by atoms with E-state index in [0.29, 0.717) is 39.1 Å². The molecule has 9 heteroatoms. The van der Waals surface area contributed by atoms with Crippen molar-refractivity contribution < 1.29 is 29.0 Å². The first-order chi connectivity index (χ1) is 16.5. The SMILES string of the molecule is CCOC(=O)[C@H]1[C@H]2C(=O)N(CCCCCO)[C@H](C(=O)NCCN3CCOCC3)[C@H]2C=C[C@H]1CC. The van der Waals surface area contributed by atoms with Gasteiger partial charge in [0.05, 0.1) is 31.7 Å². The number of hydrogen-bond donors (Lipinski definition) is 2. The number of fused-ring (bicyclic) bond motifs is 1. The number of nitrogens with one attached hydrogen (secondary N) is 1. The molecule has 0 unspecified atom stereocenters. The average molecular weight is 480 g/mol. The molecule has 2 fully saturated rings. The van der Waals surface area contributed by atoms with Gasteiger partial charge in [-0.25, -0.2) is 0 Å². The van der Waals surface area contributed by atoms with E-state index in [0.717, 1.165) is 32.5 Å². The van der Waals surface area contributed by atoms with Gasteiger partial charge in [-0.2, -0.15) is 0 Å². The number of likely N-dealkylation sites (tertiary alicyclic amines) is 1. The van der Waals surface area contributed by atoms with Crippen molar-refractivity contribution in [1.82, 2.24) is 15.1 Å². The predicted molar refractivity (Wildman–Crippen MR) is 127 cm³/mol. The number of allylic oxidation sites excluding steroid dienone is 1. The first-order valence-corrected chi connectivity index (χ1v) is 12.9. The van der Waals surface area contributed by atoms with Crippen LogP contribution in [-0.4, -0.2) is 97.9 Å². The summed E-state index contributed by atoms with van der Waals surface area (Å²) in [6, 6.07) is -0.637. The zero-order valence-corrected chi connectivity index (χ0v) is 20.6. The largest absolute Gasteiger partial charge is 0.466 e. The number of ether oxygens (including phenoxy) is 2. The lowest BCUT2D eigenvalue weighted by Gasteiger charge is -2.33. The maximum atomic E-state index is 13.7. The minimum absolute atomic E-state index is 0.0800. The molecule has 3 rings (SSSR count). The van der Waals surface area contributed by atoms with Crippen molar-refractivity contribution in [2.45, 2.75) is 45.6 Å². The molecule has 2 heterocycles. The van der Waals surface area contributed by atoms with Crippen LogP contribution in [0.3, 0.4) is 0 Å². The standard InChI is InChI=1S/C25H41N3O6/c1-3-18-8-9-19-21(20(18)25(32)34-4-2)24(31)28(11-6-5-7-15-29)22(19)23(30)26-10-12-27-13-16-33-17-14-27/h8-9,18-22,29H,3-7,10-17H2,1-2H3,(H,26,30)/t18-,19+,20-,21+,22+/m1/s1. The number of aliphatic hydroxyl groups excluding tert-OH is 1. The molecule has 34 heavy (non-hydrogen) atoms. The van der Waals surface area contributed by atoms with E-state index in [4.69, 9.17) is 14.6 Å². The Bertz CT molecular complexity index is 723. The normalized spacial score (nSPS) is 29.2. The molecule has 0 aromatic heterocycles. The first-order valence-electron chi connectivity index (χ1n) is 12.9. The van der Waals surface area contributed by atoms with Crippen molar-refractivity contribution in [1.29, 1.82) is 0 Å². The summed E-state index contributed by atoms with van der Waals surface area (Å²) < 4.78 is 10.7. The van der Waals surface area contributed by atoms with E-state index in [-0.39, 0.29) is 42.8 Å². The summed E-state index contributed by atoms with van der Waals surface area (Å²) in [5.74, 6) is -2.24. The number of esters is 1. The van der Waals surface area contributed by atoms with Gasteiger partial charge in [-0.1, -0.05) is 19.1 Å². The fraction of sp³-hybridized carbons (Fsp3) is 0.800. The second-order valence-corrected chi connectivity index (χ2v) is 9.34. The third-order valence-electron chi connectivity index (χ3n) is 7.30. The zero-order valence-electron chi connectivity index (χ0n) is 20.6. The van der Waals surface area contributed by atoms with Crippen molar-refractivity contribution in [3.8, 4) is 0 Å². The van der Waals surface area contributed by atoms with Crippen molar-refractivity contribution in [2.75, 3.05) is 59.2 Å². The van der Waals surface area contributed by atoms with E-state index in [1.807, 2.05) is 19.1 Å². The lowest BCUT2D eigenvalue weighted by molar-refractivity contribution is -0.155. The zero-order chi connectivity index (χ0) is 24.5. The van der Waals surface area contributed by atoms with Gasteiger partial charge in [-0.3, -0.25) is 19.3 Å². The van der Waals surface area contributed by atoms with Crippen molar-refractivity contribution in [3.63, 3.8) is 0 Å². The van der Waals surface area contributed by atoms with Crippen molar-refractivity contribution in [3.05, 3.63) is 12.2 Å². The molecule has 2 saturated heterocycles. The molecule has 3 aliphatic rings. The van der Waals surface area contributed by atoms with Gasteiger partial charge in [0.1, 0.15) is 6.04 Å². The molecule has 0 bridgehead atoms. The van der Waals surface area contributed by atoms with E-state index >= 15 is 0 Å². The lowest BCUT2D eigenvalue weighted by Crippen LogP contribution is -2.49. The van der Waals surface area contributed by atoms with Gasteiger partial charge >= 0.3 is 5.97 Å². The fourth-order valence-corrected chi connectivity index (χ4v) is 5.53. The van der Waals surface area contributed by atoms with Gasteiger partial charge in [0.15, 0.2) is 0 Å². The minimum atomic E-state index is -0.637. The molecule has 0 spiro atoms. The molecule has 0 aromatic carbocycles. The third-order valence-corrected chi connectivity index (χ3v) is 7.30. The molecule has 0 radical (unpaired) electrons. The minimum Gasteiger partial charge on any atom is -0.466 e. The van der Waals surface area contributed by atoms with Crippen molar-refractivity contribution in [2.24, 2.45) is 23.7 Å². The smallest absolute Gasteiger partial charge is 0.310 e.